The summed E-state index contributed by atoms with van der Waals surface area (Å²) in [6, 6.07) is 0. The molecule has 0 saturated heterocycles. The predicted molar refractivity (Wildman–Crippen MR) is 176 cm³/mol. The van der Waals surface area contributed by atoms with E-state index in [1.165, 1.54) is 44.1 Å². The summed E-state index contributed by atoms with van der Waals surface area (Å²) in [5, 5.41) is 0. The third-order valence-corrected chi connectivity index (χ3v) is 12.3. The lowest BCUT2D eigenvalue weighted by atomic mass is 9.46. The number of ketones is 2. The Kier molecular flexibility index (Phi) is 12.1. The summed E-state index contributed by atoms with van der Waals surface area (Å²) < 4.78 is 6.32. The molecule has 240 valence electrons. The number of carbonyl (C=O) groups excluding carboxylic acids is 3. The standard InChI is InChI=1S/C39H60O4/c1-5-6-7-8-9-10-11-12-13-14-15-16-17-18-19-20-36(42)43-39(30(2)40)28-25-35-33-22-21-31-29-32(41)23-26-37(31,3)34(33)24-27-38(35,39)4/h9-10,12-13,29,33-35H,5-8,11,14-28H2,1-4H3/b10-9-,13-12-/t33-,34+,35+,37+,38+,39+/m1/s1. The highest BCUT2D eigenvalue weighted by Crippen LogP contribution is 2.68. The molecule has 6 atom stereocenters. The van der Waals surface area contributed by atoms with Crippen molar-refractivity contribution in [3.63, 3.8) is 0 Å². The van der Waals surface area contributed by atoms with Crippen molar-refractivity contribution in [2.45, 2.75) is 162 Å². The monoisotopic (exact) mass is 592 g/mol. The Morgan fingerprint density at radius 2 is 1.51 bits per heavy atom. The number of hydrogen-bond donors (Lipinski definition) is 0. The number of fused-ring (bicyclic) bond motifs is 5. The fraction of sp³-hybridized carbons (Fsp3) is 0.769. The molecule has 43 heavy (non-hydrogen) atoms. The van der Waals surface area contributed by atoms with E-state index in [9.17, 15) is 14.4 Å². The van der Waals surface area contributed by atoms with Crippen LogP contribution in [0.5, 0.6) is 0 Å². The summed E-state index contributed by atoms with van der Waals surface area (Å²) in [6.07, 6.45) is 31.5. The van der Waals surface area contributed by atoms with Crippen LogP contribution in [0.3, 0.4) is 0 Å². The molecule has 0 radical (unpaired) electrons. The number of hydrogen-bond acceptors (Lipinski definition) is 4. The summed E-state index contributed by atoms with van der Waals surface area (Å²) in [7, 11) is 0. The third kappa shape index (κ3) is 7.47. The molecule has 0 aromatic heterocycles. The van der Waals surface area contributed by atoms with Gasteiger partial charge >= 0.3 is 5.97 Å². The van der Waals surface area contributed by atoms with E-state index < -0.39 is 5.60 Å². The molecule has 0 bridgehead atoms. The lowest BCUT2D eigenvalue weighted by Crippen LogP contribution is -2.58. The topological polar surface area (TPSA) is 60.4 Å². The zero-order valence-electron chi connectivity index (χ0n) is 27.9. The number of Topliss-reactive ketones (excluding diaryl/α,β-unsaturated/α-hetero) is 1. The van der Waals surface area contributed by atoms with Gasteiger partial charge in [0.1, 0.15) is 0 Å². The molecule has 0 aromatic carbocycles. The maximum absolute atomic E-state index is 13.3. The molecule has 3 saturated carbocycles. The second kappa shape index (κ2) is 15.3. The van der Waals surface area contributed by atoms with Gasteiger partial charge in [0.05, 0.1) is 0 Å². The number of unbranched alkanes of at least 4 members (excludes halogenated alkanes) is 8. The molecule has 4 aliphatic carbocycles. The highest BCUT2D eigenvalue weighted by Gasteiger charge is 2.67. The van der Waals surface area contributed by atoms with Crippen LogP contribution in [0.1, 0.15) is 156 Å². The van der Waals surface area contributed by atoms with Gasteiger partial charge in [-0.05, 0) is 120 Å². The van der Waals surface area contributed by atoms with E-state index in [0.717, 1.165) is 70.6 Å². The first-order chi connectivity index (χ1) is 20.7. The van der Waals surface area contributed by atoms with Crippen LogP contribution < -0.4 is 0 Å². The van der Waals surface area contributed by atoms with Crippen molar-refractivity contribution < 1.29 is 19.1 Å². The van der Waals surface area contributed by atoms with Gasteiger partial charge in [-0.3, -0.25) is 14.4 Å². The fourth-order valence-corrected chi connectivity index (χ4v) is 9.70. The number of allylic oxidation sites excluding steroid dienone is 5. The van der Waals surface area contributed by atoms with Crippen molar-refractivity contribution in [2.24, 2.45) is 28.6 Å². The molecule has 0 aromatic rings. The molecule has 4 nitrogen and oxygen atoms in total. The lowest BCUT2D eigenvalue weighted by molar-refractivity contribution is -0.189. The number of ether oxygens (including phenoxy) is 1. The molecular weight excluding hydrogens is 532 g/mol. The van der Waals surface area contributed by atoms with Crippen molar-refractivity contribution in [3.05, 3.63) is 36.0 Å². The van der Waals surface area contributed by atoms with Gasteiger partial charge in [0.25, 0.3) is 0 Å². The number of carbonyl (C=O) groups is 3. The van der Waals surface area contributed by atoms with Crippen molar-refractivity contribution in [2.75, 3.05) is 0 Å². The Bertz CT molecular complexity index is 1070. The zero-order valence-corrected chi connectivity index (χ0v) is 27.9. The molecule has 0 unspecified atom stereocenters. The van der Waals surface area contributed by atoms with Gasteiger partial charge in [-0.25, -0.2) is 0 Å². The Morgan fingerprint density at radius 3 is 2.23 bits per heavy atom. The average molecular weight is 593 g/mol. The maximum atomic E-state index is 13.3. The smallest absolute Gasteiger partial charge is 0.306 e. The van der Waals surface area contributed by atoms with E-state index in [0.29, 0.717) is 42.8 Å². The first-order valence-corrected chi connectivity index (χ1v) is 17.9. The van der Waals surface area contributed by atoms with Crippen LogP contribution in [0, 0.1) is 28.6 Å². The van der Waals surface area contributed by atoms with E-state index in [1.54, 1.807) is 6.92 Å². The summed E-state index contributed by atoms with van der Waals surface area (Å²) >= 11 is 0. The van der Waals surface area contributed by atoms with Gasteiger partial charge in [-0.1, -0.05) is 82.8 Å². The Balaban J connectivity index is 1.20. The number of rotatable bonds is 16. The SMILES string of the molecule is CCCCC/C=C\C/C=C\CCCCCCCC(=O)O[C@]1(C(C)=O)CC[C@H]2[C@@H]3CCC4=CC(=O)CC[C@]4(C)[C@H]3CC[C@@]21C. The van der Waals surface area contributed by atoms with Gasteiger partial charge in [-0.2, -0.15) is 0 Å². The zero-order chi connectivity index (χ0) is 30.9. The molecule has 4 rings (SSSR count). The molecule has 0 N–H and O–H groups in total. The van der Waals surface area contributed by atoms with E-state index in [4.69, 9.17) is 4.74 Å². The van der Waals surface area contributed by atoms with Gasteiger partial charge < -0.3 is 4.74 Å². The first kappa shape index (κ1) is 33.9. The van der Waals surface area contributed by atoms with Crippen LogP contribution in [0.25, 0.3) is 0 Å². The summed E-state index contributed by atoms with van der Waals surface area (Å²) in [4.78, 5) is 38.7. The molecule has 0 aliphatic heterocycles. The predicted octanol–water partition coefficient (Wildman–Crippen LogP) is 10.2. The molecule has 4 aliphatic rings. The van der Waals surface area contributed by atoms with Gasteiger partial charge in [-0.15, -0.1) is 0 Å². The molecule has 4 heteroatoms. The maximum Gasteiger partial charge on any atom is 0.306 e. The van der Waals surface area contributed by atoms with Crippen LogP contribution in [-0.4, -0.2) is 23.1 Å². The lowest BCUT2D eigenvalue weighted by Gasteiger charge is -2.59. The van der Waals surface area contributed by atoms with Crippen LogP contribution in [0.2, 0.25) is 0 Å². The quantitative estimate of drug-likeness (QED) is 0.102. The second-order valence-corrected chi connectivity index (χ2v) is 14.8. The minimum Gasteiger partial charge on any atom is -0.450 e. The molecule has 0 spiro atoms. The van der Waals surface area contributed by atoms with Crippen molar-refractivity contribution in [1.82, 2.24) is 0 Å². The van der Waals surface area contributed by atoms with Gasteiger partial charge in [0.15, 0.2) is 17.2 Å². The van der Waals surface area contributed by atoms with E-state index in [2.05, 4.69) is 45.1 Å². The van der Waals surface area contributed by atoms with Crippen molar-refractivity contribution >= 4 is 17.5 Å². The highest BCUT2D eigenvalue weighted by atomic mass is 16.6. The normalized spacial score (nSPS) is 33.7. The third-order valence-electron chi connectivity index (χ3n) is 12.3. The number of esters is 1. The first-order valence-electron chi connectivity index (χ1n) is 17.9. The van der Waals surface area contributed by atoms with Gasteiger partial charge in [0.2, 0.25) is 0 Å². The van der Waals surface area contributed by atoms with Crippen molar-refractivity contribution in [1.29, 1.82) is 0 Å². The average Bonchev–Trinajstić information content (AvgIpc) is 3.28. The van der Waals surface area contributed by atoms with Crippen LogP contribution in [0.15, 0.2) is 36.0 Å². The fourth-order valence-electron chi connectivity index (χ4n) is 9.70. The second-order valence-electron chi connectivity index (χ2n) is 14.8. The van der Waals surface area contributed by atoms with Gasteiger partial charge in [0, 0.05) is 18.3 Å². The minimum absolute atomic E-state index is 0.0372. The largest absolute Gasteiger partial charge is 0.450 e. The molecule has 0 amide bonds. The van der Waals surface area contributed by atoms with E-state index in [-0.39, 0.29) is 22.6 Å². The summed E-state index contributed by atoms with van der Waals surface area (Å²) in [5.74, 6) is 1.64. The molecular formula is C39H60O4. The van der Waals surface area contributed by atoms with Crippen LogP contribution >= 0.6 is 0 Å². The van der Waals surface area contributed by atoms with Crippen LogP contribution in [-0.2, 0) is 19.1 Å². The highest BCUT2D eigenvalue weighted by molar-refractivity contribution is 5.91. The Morgan fingerprint density at radius 1 is 0.837 bits per heavy atom. The molecule has 3 fully saturated rings. The van der Waals surface area contributed by atoms with Crippen molar-refractivity contribution in [3.8, 4) is 0 Å². The van der Waals surface area contributed by atoms with Crippen LogP contribution in [0.4, 0.5) is 0 Å². The van der Waals surface area contributed by atoms with E-state index >= 15 is 0 Å². The Labute approximate surface area is 262 Å². The summed E-state index contributed by atoms with van der Waals surface area (Å²) in [5.41, 5.74) is 0.206. The van der Waals surface area contributed by atoms with E-state index in [1.807, 2.05) is 6.08 Å². The Hall–Kier alpha value is -1.97. The molecule has 0 heterocycles. The summed E-state index contributed by atoms with van der Waals surface area (Å²) in [6.45, 7) is 8.55. The minimum atomic E-state index is -0.976.